The first-order chi connectivity index (χ1) is 5.91. The maximum Gasteiger partial charge on any atom is 0.131 e. The van der Waals surface area contributed by atoms with Crippen LogP contribution in [0.25, 0.3) is 0 Å². The van der Waals surface area contributed by atoms with Crippen molar-refractivity contribution in [3.63, 3.8) is 0 Å². The van der Waals surface area contributed by atoms with Crippen LogP contribution in [0, 0.1) is 0 Å². The molecule has 7 heteroatoms. The fourth-order valence-corrected chi connectivity index (χ4v) is 0.740. The molecule has 0 aromatic rings. The van der Waals surface area contributed by atoms with Crippen LogP contribution < -0.4 is 5.73 Å². The van der Waals surface area contributed by atoms with Crippen LogP contribution in [0.3, 0.4) is 0 Å². The predicted octanol–water partition coefficient (Wildman–Crippen LogP) is -4.30. The Balaban J connectivity index is 4.15. The van der Waals surface area contributed by atoms with Crippen molar-refractivity contribution in [3.8, 4) is 0 Å². The molecule has 1 unspecified atom stereocenters. The van der Waals surface area contributed by atoms with Crippen LogP contribution in [0.15, 0.2) is 0 Å². The van der Waals surface area contributed by atoms with Gasteiger partial charge in [-0.25, -0.2) is 0 Å². The summed E-state index contributed by atoms with van der Waals surface area (Å²) in [4.78, 5) is 0. The minimum Gasteiger partial charge on any atom is -0.394 e. The van der Waals surface area contributed by atoms with Crippen molar-refractivity contribution < 1.29 is 30.6 Å². The van der Waals surface area contributed by atoms with Gasteiger partial charge in [0.05, 0.1) is 6.61 Å². The number of rotatable bonds is 5. The zero-order chi connectivity index (χ0) is 10.6. The van der Waals surface area contributed by atoms with E-state index in [1.54, 1.807) is 0 Å². The lowest BCUT2D eigenvalue weighted by molar-refractivity contribution is -0.139. The molecule has 0 aromatic carbocycles. The van der Waals surface area contributed by atoms with Gasteiger partial charge in [-0.1, -0.05) is 0 Å². The van der Waals surface area contributed by atoms with E-state index in [1.807, 2.05) is 0 Å². The van der Waals surface area contributed by atoms with E-state index in [4.69, 9.17) is 36.4 Å². The number of nitrogens with two attached hydrogens (primary N) is 1. The Morgan fingerprint density at radius 3 is 1.62 bits per heavy atom. The highest BCUT2D eigenvalue weighted by Gasteiger charge is 2.32. The van der Waals surface area contributed by atoms with Gasteiger partial charge >= 0.3 is 0 Å². The van der Waals surface area contributed by atoms with Gasteiger partial charge in [0.25, 0.3) is 0 Å². The van der Waals surface area contributed by atoms with Crippen molar-refractivity contribution in [3.05, 3.63) is 0 Å². The minimum atomic E-state index is -1.82. The molecule has 0 fully saturated rings. The maximum absolute atomic E-state index is 9.05. The summed E-state index contributed by atoms with van der Waals surface area (Å²) in [6.07, 6.45) is -8.68. The molecule has 5 atom stereocenters. The monoisotopic (exact) mass is 197 g/mol. The third-order valence-corrected chi connectivity index (χ3v) is 1.63. The summed E-state index contributed by atoms with van der Waals surface area (Å²) in [7, 11) is 0. The zero-order valence-electron chi connectivity index (χ0n) is 6.85. The van der Waals surface area contributed by atoms with Crippen LogP contribution in [0.4, 0.5) is 0 Å². The van der Waals surface area contributed by atoms with Gasteiger partial charge in [-0.2, -0.15) is 0 Å². The molecule has 8 N–H and O–H groups in total. The molecule has 0 rings (SSSR count). The van der Waals surface area contributed by atoms with Crippen LogP contribution in [0.2, 0.25) is 0 Å². The fraction of sp³-hybridized carbons (Fsp3) is 1.00. The van der Waals surface area contributed by atoms with Gasteiger partial charge in [0.15, 0.2) is 0 Å². The second-order valence-electron chi connectivity index (χ2n) is 2.71. The van der Waals surface area contributed by atoms with E-state index < -0.39 is 37.3 Å². The molecule has 0 aliphatic carbocycles. The Morgan fingerprint density at radius 2 is 1.31 bits per heavy atom. The van der Waals surface area contributed by atoms with Gasteiger partial charge in [0, 0.05) is 0 Å². The Bertz CT molecular complexity index is 143. The SMILES string of the molecule is NC(O)[C@@H](O)[C@H](O)[C@@H](O)[C@H](O)CO. The molecule has 13 heavy (non-hydrogen) atoms. The van der Waals surface area contributed by atoms with Gasteiger partial charge in [-0.15, -0.1) is 0 Å². The summed E-state index contributed by atoms with van der Waals surface area (Å²) >= 11 is 0. The molecule has 0 aromatic heterocycles. The molecule has 0 radical (unpaired) electrons. The van der Waals surface area contributed by atoms with Crippen molar-refractivity contribution in [2.75, 3.05) is 6.61 Å². The predicted molar refractivity (Wildman–Crippen MR) is 41.3 cm³/mol. The molecular formula is C6H15NO6. The van der Waals surface area contributed by atoms with Crippen molar-refractivity contribution in [1.29, 1.82) is 0 Å². The summed E-state index contributed by atoms with van der Waals surface area (Å²) in [6, 6.07) is 0. The second-order valence-corrected chi connectivity index (χ2v) is 2.71. The minimum absolute atomic E-state index is 0.772. The molecule has 0 saturated carbocycles. The van der Waals surface area contributed by atoms with Crippen LogP contribution in [-0.4, -0.2) is 67.9 Å². The van der Waals surface area contributed by atoms with Gasteiger partial charge in [0.2, 0.25) is 0 Å². The van der Waals surface area contributed by atoms with E-state index in [9.17, 15) is 0 Å². The Morgan fingerprint density at radius 1 is 0.846 bits per heavy atom. The Hall–Kier alpha value is -0.280. The topological polar surface area (TPSA) is 147 Å². The maximum atomic E-state index is 9.05. The van der Waals surface area contributed by atoms with Crippen molar-refractivity contribution >= 4 is 0 Å². The summed E-state index contributed by atoms with van der Waals surface area (Å²) in [5.74, 6) is 0. The molecule has 0 aliphatic rings. The van der Waals surface area contributed by atoms with E-state index in [0.29, 0.717) is 0 Å². The lowest BCUT2D eigenvalue weighted by Gasteiger charge is -2.26. The van der Waals surface area contributed by atoms with Crippen LogP contribution in [-0.2, 0) is 0 Å². The van der Waals surface area contributed by atoms with Gasteiger partial charge in [-0.3, -0.25) is 0 Å². The summed E-state index contributed by atoms with van der Waals surface area (Å²) < 4.78 is 0. The van der Waals surface area contributed by atoms with Crippen LogP contribution >= 0.6 is 0 Å². The molecule has 7 nitrogen and oxygen atoms in total. The molecular weight excluding hydrogens is 182 g/mol. The average Bonchev–Trinajstić information content (AvgIpc) is 2.12. The average molecular weight is 197 g/mol. The Labute approximate surface area is 74.7 Å². The number of aliphatic hydroxyl groups excluding tert-OH is 6. The standard InChI is InChI=1S/C6H15NO6/c7-6(13)5(12)4(11)3(10)2(9)1-8/h2-6,8-13H,1,7H2/t2-,3+,4-,5+,6?/m1/s1. The van der Waals surface area contributed by atoms with Crippen molar-refractivity contribution in [2.45, 2.75) is 30.6 Å². The summed E-state index contributed by atoms with van der Waals surface area (Å²) in [6.45, 7) is -0.772. The molecule has 0 heterocycles. The summed E-state index contributed by atoms with van der Waals surface area (Å²) in [5.41, 5.74) is 4.81. The van der Waals surface area contributed by atoms with E-state index >= 15 is 0 Å². The fourth-order valence-electron chi connectivity index (χ4n) is 0.740. The van der Waals surface area contributed by atoms with Crippen molar-refractivity contribution in [2.24, 2.45) is 5.73 Å². The summed E-state index contributed by atoms with van der Waals surface area (Å²) in [5, 5.41) is 52.8. The van der Waals surface area contributed by atoms with E-state index in [1.165, 1.54) is 0 Å². The van der Waals surface area contributed by atoms with Crippen LogP contribution in [0.5, 0.6) is 0 Å². The smallest absolute Gasteiger partial charge is 0.131 e. The second kappa shape index (κ2) is 5.45. The highest BCUT2D eigenvalue weighted by Crippen LogP contribution is 2.05. The lowest BCUT2D eigenvalue weighted by Crippen LogP contribution is -2.52. The van der Waals surface area contributed by atoms with Crippen molar-refractivity contribution in [1.82, 2.24) is 0 Å². The molecule has 0 saturated heterocycles. The molecule has 80 valence electrons. The first kappa shape index (κ1) is 12.7. The van der Waals surface area contributed by atoms with Gasteiger partial charge < -0.3 is 36.4 Å². The molecule has 0 amide bonds. The van der Waals surface area contributed by atoms with Gasteiger partial charge in [0.1, 0.15) is 30.6 Å². The number of aliphatic hydroxyl groups is 6. The Kier molecular flexibility index (Phi) is 5.33. The number of hydrogen-bond acceptors (Lipinski definition) is 7. The van der Waals surface area contributed by atoms with Crippen LogP contribution in [0.1, 0.15) is 0 Å². The molecule has 0 aliphatic heterocycles. The normalized spacial score (nSPS) is 23.3. The first-order valence-electron chi connectivity index (χ1n) is 3.68. The number of hydrogen-bond donors (Lipinski definition) is 7. The highest BCUT2D eigenvalue weighted by molar-refractivity contribution is 4.82. The largest absolute Gasteiger partial charge is 0.394 e. The third kappa shape index (κ3) is 3.53. The van der Waals surface area contributed by atoms with E-state index in [0.717, 1.165) is 0 Å². The van der Waals surface area contributed by atoms with E-state index in [-0.39, 0.29) is 0 Å². The third-order valence-electron chi connectivity index (χ3n) is 1.63. The molecule has 0 spiro atoms. The quantitative estimate of drug-likeness (QED) is 0.220. The lowest BCUT2D eigenvalue weighted by atomic mass is 10.0. The molecule has 0 bridgehead atoms. The zero-order valence-corrected chi connectivity index (χ0v) is 6.85. The first-order valence-corrected chi connectivity index (χ1v) is 3.68. The van der Waals surface area contributed by atoms with E-state index in [2.05, 4.69) is 0 Å². The highest BCUT2D eigenvalue weighted by atomic mass is 16.4. The van der Waals surface area contributed by atoms with Gasteiger partial charge in [-0.05, 0) is 0 Å².